The van der Waals surface area contributed by atoms with Crippen molar-refractivity contribution in [2.75, 3.05) is 49.3 Å². The summed E-state index contributed by atoms with van der Waals surface area (Å²) in [6.07, 6.45) is 5.64. The number of nitrogens with zero attached hydrogens (tertiary/aromatic N) is 4. The maximum atomic E-state index is 13.7. The fourth-order valence-electron chi connectivity index (χ4n) is 6.18. The fourth-order valence-corrected chi connectivity index (χ4v) is 6.18. The number of amides is 2. The van der Waals surface area contributed by atoms with Crippen molar-refractivity contribution in [1.29, 1.82) is 0 Å². The summed E-state index contributed by atoms with van der Waals surface area (Å²) in [5.74, 6) is 1.12. The minimum Gasteiger partial charge on any atom is -0.490 e. The highest BCUT2D eigenvalue weighted by atomic mass is 16.5. The van der Waals surface area contributed by atoms with Gasteiger partial charge in [-0.15, -0.1) is 0 Å². The third-order valence-corrected chi connectivity index (χ3v) is 8.40. The molecule has 1 fully saturated rings. The number of anilines is 2. The Hall–Kier alpha value is -4.59. The van der Waals surface area contributed by atoms with Gasteiger partial charge in [0.1, 0.15) is 0 Å². The summed E-state index contributed by atoms with van der Waals surface area (Å²) >= 11 is 0. The molecule has 2 atom stereocenters. The SMILES string of the molecule is CCOc1ccc(C2=NN(c3ccc(C(=O)N4CCN(c5ccccc5)CC4)cc3)C(=O)[C@H]3CC=CC[C@H]23)cc1OCC. The molecule has 2 amide bonds. The molecular formula is C35H38N4O4. The van der Waals surface area contributed by atoms with Crippen LogP contribution in [0.25, 0.3) is 0 Å². The van der Waals surface area contributed by atoms with Crippen LogP contribution in [0, 0.1) is 11.8 Å². The predicted octanol–water partition coefficient (Wildman–Crippen LogP) is 5.78. The van der Waals surface area contributed by atoms with Gasteiger partial charge >= 0.3 is 0 Å². The van der Waals surface area contributed by atoms with Gasteiger partial charge in [0.2, 0.25) is 0 Å². The summed E-state index contributed by atoms with van der Waals surface area (Å²) in [6.45, 7) is 7.86. The van der Waals surface area contributed by atoms with E-state index in [9.17, 15) is 9.59 Å². The Kier molecular flexibility index (Phi) is 8.45. The molecule has 0 unspecified atom stereocenters. The second kappa shape index (κ2) is 12.7. The first kappa shape index (κ1) is 28.5. The molecule has 8 nitrogen and oxygen atoms in total. The molecule has 3 aromatic rings. The molecule has 8 heteroatoms. The lowest BCUT2D eigenvalue weighted by atomic mass is 9.76. The molecular weight excluding hydrogens is 540 g/mol. The predicted molar refractivity (Wildman–Crippen MR) is 169 cm³/mol. The number of fused-ring (bicyclic) bond motifs is 1. The van der Waals surface area contributed by atoms with E-state index in [0.29, 0.717) is 55.5 Å². The first-order valence-corrected chi connectivity index (χ1v) is 15.2. The first-order chi connectivity index (χ1) is 21.1. The van der Waals surface area contributed by atoms with Crippen LogP contribution in [0.15, 0.2) is 90.0 Å². The molecule has 1 saturated heterocycles. The largest absolute Gasteiger partial charge is 0.490 e. The van der Waals surface area contributed by atoms with Crippen molar-refractivity contribution in [2.24, 2.45) is 16.9 Å². The average molecular weight is 579 g/mol. The van der Waals surface area contributed by atoms with Crippen molar-refractivity contribution in [3.63, 3.8) is 0 Å². The van der Waals surface area contributed by atoms with Crippen molar-refractivity contribution in [2.45, 2.75) is 26.7 Å². The van der Waals surface area contributed by atoms with E-state index < -0.39 is 0 Å². The molecule has 0 saturated carbocycles. The second-order valence-electron chi connectivity index (χ2n) is 11.0. The highest BCUT2D eigenvalue weighted by Gasteiger charge is 2.41. The Bertz CT molecular complexity index is 1510. The Morgan fingerprint density at radius 1 is 0.791 bits per heavy atom. The van der Waals surface area contributed by atoms with Crippen LogP contribution < -0.4 is 19.4 Å². The van der Waals surface area contributed by atoms with Gasteiger partial charge in [-0.1, -0.05) is 30.4 Å². The van der Waals surface area contributed by atoms with E-state index in [-0.39, 0.29) is 23.7 Å². The van der Waals surface area contributed by atoms with Crippen molar-refractivity contribution in [1.82, 2.24) is 4.90 Å². The molecule has 0 bridgehead atoms. The van der Waals surface area contributed by atoms with Gasteiger partial charge in [-0.3, -0.25) is 9.59 Å². The summed E-state index contributed by atoms with van der Waals surface area (Å²) < 4.78 is 11.7. The number of carbonyl (C=O) groups is 2. The summed E-state index contributed by atoms with van der Waals surface area (Å²) in [4.78, 5) is 31.3. The van der Waals surface area contributed by atoms with E-state index in [2.05, 4.69) is 29.2 Å². The molecule has 2 heterocycles. The van der Waals surface area contributed by atoms with Crippen LogP contribution in [0.1, 0.15) is 42.6 Å². The lowest BCUT2D eigenvalue weighted by Gasteiger charge is -2.37. The standard InChI is InChI=1S/C35H38N4O4/c1-3-42-31-19-16-26(24-32(31)43-4-2)33-29-12-8-9-13-30(29)35(41)39(36-33)28-17-14-25(15-18-28)34(40)38-22-20-37(21-23-38)27-10-6-5-7-11-27/h5-11,14-19,24,29-30H,3-4,12-13,20-23H2,1-2H3/t29-,30-/m0/s1. The van der Waals surface area contributed by atoms with E-state index in [1.54, 1.807) is 12.1 Å². The van der Waals surface area contributed by atoms with E-state index in [1.165, 1.54) is 10.7 Å². The lowest BCUT2D eigenvalue weighted by Crippen LogP contribution is -2.48. The zero-order valence-corrected chi connectivity index (χ0v) is 24.8. The van der Waals surface area contributed by atoms with Crippen molar-refractivity contribution < 1.29 is 19.1 Å². The normalized spacial score (nSPS) is 20.0. The molecule has 3 aliphatic rings. The topological polar surface area (TPSA) is 74.7 Å². The highest BCUT2D eigenvalue weighted by molar-refractivity contribution is 6.11. The van der Waals surface area contributed by atoms with E-state index in [4.69, 9.17) is 14.6 Å². The first-order valence-electron chi connectivity index (χ1n) is 15.2. The Morgan fingerprint density at radius 3 is 2.16 bits per heavy atom. The minimum atomic E-state index is -0.207. The van der Waals surface area contributed by atoms with Crippen LogP contribution >= 0.6 is 0 Å². The van der Waals surface area contributed by atoms with Gasteiger partial charge in [0.25, 0.3) is 11.8 Å². The van der Waals surface area contributed by atoms with E-state index >= 15 is 0 Å². The smallest absolute Gasteiger partial charge is 0.253 e. The molecule has 0 aromatic heterocycles. The Labute approximate surface area is 253 Å². The van der Waals surface area contributed by atoms with Crippen molar-refractivity contribution >= 4 is 28.9 Å². The molecule has 0 N–H and O–H groups in total. The number of piperazine rings is 1. The number of allylic oxidation sites excluding steroid dienone is 2. The minimum absolute atomic E-state index is 0.00347. The summed E-state index contributed by atoms with van der Waals surface area (Å²) in [5.41, 5.74) is 4.21. The fraction of sp³-hybridized carbons (Fsp3) is 0.343. The molecule has 43 heavy (non-hydrogen) atoms. The maximum Gasteiger partial charge on any atom is 0.253 e. The third kappa shape index (κ3) is 5.87. The Morgan fingerprint density at radius 2 is 1.47 bits per heavy atom. The third-order valence-electron chi connectivity index (χ3n) is 8.40. The number of rotatable bonds is 8. The van der Waals surface area contributed by atoms with Crippen molar-refractivity contribution in [3.8, 4) is 11.5 Å². The number of ether oxygens (including phenoxy) is 2. The molecule has 0 spiro atoms. The second-order valence-corrected chi connectivity index (χ2v) is 11.0. The number of hydrazone groups is 1. The van der Waals surface area contributed by atoms with Gasteiger partial charge in [-0.2, -0.15) is 5.10 Å². The molecule has 1 aliphatic carbocycles. The van der Waals surface area contributed by atoms with Gasteiger partial charge in [-0.25, -0.2) is 5.01 Å². The maximum absolute atomic E-state index is 13.7. The van der Waals surface area contributed by atoms with Gasteiger partial charge < -0.3 is 19.3 Å². The van der Waals surface area contributed by atoms with Gasteiger partial charge in [-0.05, 0) is 81.3 Å². The summed E-state index contributed by atoms with van der Waals surface area (Å²) in [5, 5.41) is 6.45. The van der Waals surface area contributed by atoms with E-state index in [0.717, 1.165) is 30.8 Å². The highest BCUT2D eigenvalue weighted by Crippen LogP contribution is 2.38. The number of hydrogen-bond donors (Lipinski definition) is 0. The number of hydrogen-bond acceptors (Lipinski definition) is 6. The molecule has 0 radical (unpaired) electrons. The van der Waals surface area contributed by atoms with Crippen LogP contribution in [-0.4, -0.2) is 61.8 Å². The van der Waals surface area contributed by atoms with Crippen molar-refractivity contribution in [3.05, 3.63) is 96.1 Å². The zero-order valence-electron chi connectivity index (χ0n) is 24.8. The van der Waals surface area contributed by atoms with Crippen LogP contribution in [0.3, 0.4) is 0 Å². The van der Waals surface area contributed by atoms with Crippen LogP contribution in [0.5, 0.6) is 11.5 Å². The van der Waals surface area contributed by atoms with Crippen LogP contribution in [0.4, 0.5) is 11.4 Å². The monoisotopic (exact) mass is 578 g/mol. The number of benzene rings is 3. The molecule has 6 rings (SSSR count). The van der Waals surface area contributed by atoms with Crippen LogP contribution in [0.2, 0.25) is 0 Å². The quantitative estimate of drug-likeness (QED) is 0.317. The van der Waals surface area contributed by atoms with Gasteiger partial charge in [0.15, 0.2) is 11.5 Å². The molecule has 3 aromatic carbocycles. The van der Waals surface area contributed by atoms with E-state index in [1.807, 2.05) is 67.3 Å². The molecule has 2 aliphatic heterocycles. The lowest BCUT2D eigenvalue weighted by molar-refractivity contribution is -0.123. The molecule has 222 valence electrons. The number of carbonyl (C=O) groups excluding carboxylic acids is 2. The summed E-state index contributed by atoms with van der Waals surface area (Å²) in [7, 11) is 0. The Balaban J connectivity index is 1.23. The van der Waals surface area contributed by atoms with Gasteiger partial charge in [0.05, 0.1) is 30.5 Å². The summed E-state index contributed by atoms with van der Waals surface area (Å²) in [6, 6.07) is 23.4. The number of para-hydroxylation sites is 1. The average Bonchev–Trinajstić information content (AvgIpc) is 3.06. The van der Waals surface area contributed by atoms with Gasteiger partial charge in [0, 0.05) is 48.9 Å². The van der Waals surface area contributed by atoms with Crippen LogP contribution in [-0.2, 0) is 4.79 Å². The zero-order chi connectivity index (χ0) is 29.8.